The molecule has 1 atom stereocenters. The van der Waals surface area contributed by atoms with Crippen LogP contribution in [0.5, 0.6) is 0 Å². The maximum absolute atomic E-state index is 12.8. The van der Waals surface area contributed by atoms with Gasteiger partial charge < -0.3 is 4.74 Å². The quantitative estimate of drug-likeness (QED) is 0.841. The van der Waals surface area contributed by atoms with Crippen LogP contribution in [-0.2, 0) is 20.5 Å². The third-order valence-electron chi connectivity index (χ3n) is 3.12. The Hall–Kier alpha value is -1.28. The summed E-state index contributed by atoms with van der Waals surface area (Å²) in [7, 11) is -1.95. The molecule has 1 unspecified atom stereocenters. The molecule has 22 heavy (non-hydrogen) atoms. The molecule has 1 heterocycles. The summed E-state index contributed by atoms with van der Waals surface area (Å²) in [5.74, 6) is -0.575. The second-order valence-electron chi connectivity index (χ2n) is 4.91. The third kappa shape index (κ3) is 4.88. The van der Waals surface area contributed by atoms with Crippen molar-refractivity contribution in [3.63, 3.8) is 0 Å². The number of benzene rings is 1. The van der Waals surface area contributed by atoms with Crippen LogP contribution >= 0.6 is 11.3 Å². The van der Waals surface area contributed by atoms with Gasteiger partial charge in [-0.15, -0.1) is 11.3 Å². The average Bonchev–Trinajstić information content (AvgIpc) is 2.88. The van der Waals surface area contributed by atoms with E-state index in [2.05, 4.69) is 4.72 Å². The predicted molar refractivity (Wildman–Crippen MR) is 85.8 cm³/mol. The van der Waals surface area contributed by atoms with Gasteiger partial charge in [-0.3, -0.25) is 0 Å². The molecule has 0 aliphatic heterocycles. The van der Waals surface area contributed by atoms with Crippen LogP contribution in [0.15, 0.2) is 36.4 Å². The highest BCUT2D eigenvalue weighted by molar-refractivity contribution is 7.88. The van der Waals surface area contributed by atoms with E-state index < -0.39 is 10.0 Å². The van der Waals surface area contributed by atoms with Gasteiger partial charge in [0.1, 0.15) is 11.9 Å². The summed E-state index contributed by atoms with van der Waals surface area (Å²) in [5.41, 5.74) is 0.537. The van der Waals surface area contributed by atoms with Crippen molar-refractivity contribution in [2.75, 3.05) is 13.7 Å². The lowest BCUT2D eigenvalue weighted by molar-refractivity contribution is 0.110. The Labute approximate surface area is 134 Å². The van der Waals surface area contributed by atoms with Crippen molar-refractivity contribution < 1.29 is 17.5 Å². The van der Waals surface area contributed by atoms with E-state index in [1.807, 2.05) is 19.1 Å². The van der Waals surface area contributed by atoms with Crippen molar-refractivity contribution in [1.29, 1.82) is 0 Å². The zero-order valence-corrected chi connectivity index (χ0v) is 14.0. The predicted octanol–water partition coefficient (Wildman–Crippen LogP) is 3.00. The van der Waals surface area contributed by atoms with Crippen molar-refractivity contribution in [2.45, 2.75) is 18.8 Å². The van der Waals surface area contributed by atoms with Gasteiger partial charge in [0.2, 0.25) is 10.0 Å². The molecule has 0 aliphatic rings. The third-order valence-corrected chi connectivity index (χ3v) is 5.53. The van der Waals surface area contributed by atoms with Crippen LogP contribution in [0.2, 0.25) is 0 Å². The molecule has 0 radical (unpaired) electrons. The van der Waals surface area contributed by atoms with E-state index >= 15 is 0 Å². The fourth-order valence-corrected chi connectivity index (χ4v) is 4.07. The Morgan fingerprint density at radius 2 is 1.91 bits per heavy atom. The van der Waals surface area contributed by atoms with Crippen LogP contribution in [0.25, 0.3) is 0 Å². The SMILES string of the molecule is COC(CNS(=O)(=O)Cc1ccc(F)cc1)c1ccc(C)s1. The summed E-state index contributed by atoms with van der Waals surface area (Å²) in [6.07, 6.45) is -0.318. The summed E-state index contributed by atoms with van der Waals surface area (Å²) < 4.78 is 44.9. The fourth-order valence-electron chi connectivity index (χ4n) is 1.98. The highest BCUT2D eigenvalue weighted by Gasteiger charge is 2.17. The molecule has 0 amide bonds. The van der Waals surface area contributed by atoms with Crippen molar-refractivity contribution in [3.05, 3.63) is 57.5 Å². The number of sulfonamides is 1. The molecular formula is C15H18FNO3S2. The zero-order chi connectivity index (χ0) is 16.2. The molecular weight excluding hydrogens is 325 g/mol. The van der Waals surface area contributed by atoms with E-state index in [1.54, 1.807) is 18.4 Å². The Balaban J connectivity index is 1.97. The lowest BCUT2D eigenvalue weighted by atomic mass is 10.2. The van der Waals surface area contributed by atoms with Gasteiger partial charge in [0.25, 0.3) is 0 Å². The molecule has 0 saturated heterocycles. The Morgan fingerprint density at radius 3 is 2.45 bits per heavy atom. The number of hydrogen-bond donors (Lipinski definition) is 1. The standard InChI is InChI=1S/C15H18FNO3S2/c1-11-3-8-15(21-11)14(20-2)9-17-22(18,19)10-12-4-6-13(16)7-5-12/h3-8,14,17H,9-10H2,1-2H3. The van der Waals surface area contributed by atoms with Gasteiger partial charge in [0.05, 0.1) is 5.75 Å². The number of methoxy groups -OCH3 is 1. The van der Waals surface area contributed by atoms with Crippen molar-refractivity contribution in [3.8, 4) is 0 Å². The first-order valence-electron chi connectivity index (χ1n) is 6.70. The first-order valence-corrected chi connectivity index (χ1v) is 9.17. The molecule has 2 rings (SSSR count). The normalized spacial score (nSPS) is 13.2. The molecule has 1 N–H and O–H groups in total. The smallest absolute Gasteiger partial charge is 0.215 e. The van der Waals surface area contributed by atoms with Crippen molar-refractivity contribution in [1.82, 2.24) is 4.72 Å². The van der Waals surface area contributed by atoms with Crippen LogP contribution < -0.4 is 4.72 Å². The summed E-state index contributed by atoms with van der Waals surface area (Å²) in [6, 6.07) is 9.33. The topological polar surface area (TPSA) is 55.4 Å². The van der Waals surface area contributed by atoms with Gasteiger partial charge in [-0.2, -0.15) is 0 Å². The van der Waals surface area contributed by atoms with Crippen LogP contribution in [-0.4, -0.2) is 22.1 Å². The van der Waals surface area contributed by atoms with Gasteiger partial charge >= 0.3 is 0 Å². The number of halogens is 1. The Morgan fingerprint density at radius 1 is 1.23 bits per heavy atom. The largest absolute Gasteiger partial charge is 0.375 e. The molecule has 0 saturated carbocycles. The summed E-state index contributed by atoms with van der Waals surface area (Å²) in [4.78, 5) is 2.12. The highest BCUT2D eigenvalue weighted by Crippen LogP contribution is 2.24. The molecule has 0 fully saturated rings. The molecule has 120 valence electrons. The fraction of sp³-hybridized carbons (Fsp3) is 0.333. The van der Waals surface area contributed by atoms with Crippen LogP contribution in [0, 0.1) is 12.7 Å². The van der Waals surface area contributed by atoms with Crippen molar-refractivity contribution in [2.24, 2.45) is 0 Å². The summed E-state index contributed by atoms with van der Waals surface area (Å²) in [5, 5.41) is 0. The van der Waals surface area contributed by atoms with E-state index in [1.165, 1.54) is 24.3 Å². The minimum Gasteiger partial charge on any atom is -0.375 e. The number of hydrogen-bond acceptors (Lipinski definition) is 4. The average molecular weight is 343 g/mol. The maximum Gasteiger partial charge on any atom is 0.215 e. The van der Waals surface area contributed by atoms with E-state index in [9.17, 15) is 12.8 Å². The Kier molecular flexibility index (Phi) is 5.69. The number of aryl methyl sites for hydroxylation is 1. The van der Waals surface area contributed by atoms with Crippen LogP contribution in [0.3, 0.4) is 0 Å². The van der Waals surface area contributed by atoms with E-state index in [0.29, 0.717) is 5.56 Å². The molecule has 0 bridgehead atoms. The first kappa shape index (κ1) is 17.1. The molecule has 1 aromatic heterocycles. The minimum absolute atomic E-state index is 0.167. The molecule has 4 nitrogen and oxygen atoms in total. The van der Waals surface area contributed by atoms with Gasteiger partial charge in [0.15, 0.2) is 0 Å². The maximum atomic E-state index is 12.8. The van der Waals surface area contributed by atoms with Gasteiger partial charge in [-0.25, -0.2) is 17.5 Å². The number of ether oxygens (including phenoxy) is 1. The van der Waals surface area contributed by atoms with E-state index in [0.717, 1.165) is 9.75 Å². The molecule has 0 aliphatic carbocycles. The summed E-state index contributed by atoms with van der Waals surface area (Å²) in [6.45, 7) is 2.15. The minimum atomic E-state index is -3.50. The number of nitrogens with one attached hydrogen (secondary N) is 1. The molecule has 1 aromatic carbocycles. The van der Waals surface area contributed by atoms with E-state index in [-0.39, 0.29) is 24.2 Å². The monoisotopic (exact) mass is 343 g/mol. The Bertz CT molecular complexity index is 711. The second-order valence-corrected chi connectivity index (χ2v) is 8.03. The first-order chi connectivity index (χ1) is 10.4. The lowest BCUT2D eigenvalue weighted by Crippen LogP contribution is -2.30. The number of thiophene rings is 1. The molecule has 2 aromatic rings. The van der Waals surface area contributed by atoms with Gasteiger partial charge in [-0.05, 0) is 36.8 Å². The van der Waals surface area contributed by atoms with Crippen molar-refractivity contribution >= 4 is 21.4 Å². The molecule has 0 spiro atoms. The molecule has 7 heteroatoms. The zero-order valence-electron chi connectivity index (χ0n) is 12.4. The summed E-state index contributed by atoms with van der Waals surface area (Å²) >= 11 is 1.58. The van der Waals surface area contributed by atoms with Crippen LogP contribution in [0.4, 0.5) is 4.39 Å². The lowest BCUT2D eigenvalue weighted by Gasteiger charge is -2.15. The van der Waals surface area contributed by atoms with Crippen LogP contribution in [0.1, 0.15) is 21.4 Å². The van der Waals surface area contributed by atoms with E-state index in [4.69, 9.17) is 4.74 Å². The second kappa shape index (κ2) is 7.32. The van der Waals surface area contributed by atoms with Gasteiger partial charge in [-0.1, -0.05) is 12.1 Å². The highest BCUT2D eigenvalue weighted by atomic mass is 32.2. The van der Waals surface area contributed by atoms with Gasteiger partial charge in [0, 0.05) is 23.4 Å². The number of rotatable bonds is 7.